The quantitative estimate of drug-likeness (QED) is 0.526. The largest absolute Gasteiger partial charge is 0.496 e. The van der Waals surface area contributed by atoms with E-state index in [1.807, 2.05) is 31.2 Å². The van der Waals surface area contributed by atoms with Gasteiger partial charge in [0.2, 0.25) is 0 Å². The number of nitrogens with one attached hydrogen (secondary N) is 1. The maximum atomic E-state index is 12.1. The molecule has 0 unspecified atom stereocenters. The number of aryl methyl sites for hydroxylation is 1. The molecule has 1 amide bonds. The molecular formula is C20H23NO5S. The van der Waals surface area contributed by atoms with Crippen molar-refractivity contribution in [1.82, 2.24) is 5.32 Å². The Kier molecular flexibility index (Phi) is 7.55. The average Bonchev–Trinajstić information content (AvgIpc) is 3.10. The van der Waals surface area contributed by atoms with E-state index in [1.165, 1.54) is 18.3 Å². The highest BCUT2D eigenvalue weighted by Crippen LogP contribution is 2.18. The highest BCUT2D eigenvalue weighted by molar-refractivity contribution is 7.14. The van der Waals surface area contributed by atoms with Gasteiger partial charge in [0.1, 0.15) is 5.75 Å². The van der Waals surface area contributed by atoms with Gasteiger partial charge in [-0.15, -0.1) is 11.3 Å². The number of amides is 1. The number of ketones is 1. The van der Waals surface area contributed by atoms with Gasteiger partial charge in [0.25, 0.3) is 5.91 Å². The SMILES string of the molecule is COc1ccccc1CNC(=O)[C@H](C)OC(=O)CCC(=O)c1ccc(C)s1. The van der Waals surface area contributed by atoms with Gasteiger partial charge < -0.3 is 14.8 Å². The molecule has 0 saturated carbocycles. The number of thiophene rings is 1. The third-order valence-electron chi connectivity index (χ3n) is 3.89. The number of carbonyl (C=O) groups excluding carboxylic acids is 3. The molecule has 6 nitrogen and oxygen atoms in total. The van der Waals surface area contributed by atoms with Crippen LogP contribution in [0.4, 0.5) is 0 Å². The molecular weight excluding hydrogens is 366 g/mol. The van der Waals surface area contributed by atoms with Crippen molar-refractivity contribution < 1.29 is 23.9 Å². The minimum atomic E-state index is -0.939. The van der Waals surface area contributed by atoms with Crippen LogP contribution in [0, 0.1) is 6.92 Å². The predicted molar refractivity (Wildman–Crippen MR) is 103 cm³/mol. The summed E-state index contributed by atoms with van der Waals surface area (Å²) in [5.41, 5.74) is 0.823. The Bertz CT molecular complexity index is 814. The van der Waals surface area contributed by atoms with E-state index < -0.39 is 18.0 Å². The first-order chi connectivity index (χ1) is 12.9. The second kappa shape index (κ2) is 9.87. The Hall–Kier alpha value is -2.67. The number of hydrogen-bond acceptors (Lipinski definition) is 6. The number of esters is 1. The van der Waals surface area contributed by atoms with Crippen molar-refractivity contribution in [2.24, 2.45) is 0 Å². The first-order valence-electron chi connectivity index (χ1n) is 8.59. The zero-order valence-corrected chi connectivity index (χ0v) is 16.4. The lowest BCUT2D eigenvalue weighted by atomic mass is 10.2. The molecule has 7 heteroatoms. The highest BCUT2D eigenvalue weighted by Gasteiger charge is 2.19. The number of benzene rings is 1. The average molecular weight is 389 g/mol. The third-order valence-corrected chi connectivity index (χ3v) is 4.94. The number of rotatable bonds is 9. The van der Waals surface area contributed by atoms with Crippen molar-refractivity contribution in [2.45, 2.75) is 39.3 Å². The summed E-state index contributed by atoms with van der Waals surface area (Å²) >= 11 is 1.40. The van der Waals surface area contributed by atoms with Crippen molar-refractivity contribution in [3.05, 3.63) is 51.7 Å². The standard InChI is InChI=1S/C20H23NO5S/c1-13-8-10-18(27-13)16(22)9-11-19(23)26-14(2)20(24)21-12-15-6-4-5-7-17(15)25-3/h4-8,10,14H,9,11-12H2,1-3H3,(H,21,24)/t14-/m0/s1. The topological polar surface area (TPSA) is 81.7 Å². The van der Waals surface area contributed by atoms with Gasteiger partial charge in [0.15, 0.2) is 11.9 Å². The Labute approximate surface area is 162 Å². The number of hydrogen-bond donors (Lipinski definition) is 1. The van der Waals surface area contributed by atoms with E-state index in [0.29, 0.717) is 10.6 Å². The summed E-state index contributed by atoms with van der Waals surface area (Å²) < 4.78 is 10.3. The first-order valence-corrected chi connectivity index (χ1v) is 9.41. The molecule has 0 fully saturated rings. The van der Waals surface area contributed by atoms with Crippen molar-refractivity contribution in [3.63, 3.8) is 0 Å². The van der Waals surface area contributed by atoms with Gasteiger partial charge in [-0.25, -0.2) is 0 Å². The molecule has 0 radical (unpaired) electrons. The summed E-state index contributed by atoms with van der Waals surface area (Å²) in [6, 6.07) is 10.9. The van der Waals surface area contributed by atoms with E-state index in [9.17, 15) is 14.4 Å². The fraction of sp³-hybridized carbons (Fsp3) is 0.350. The van der Waals surface area contributed by atoms with Crippen LogP contribution in [0.15, 0.2) is 36.4 Å². The maximum Gasteiger partial charge on any atom is 0.307 e. The molecule has 2 aromatic rings. The second-order valence-corrected chi connectivity index (χ2v) is 7.28. The lowest BCUT2D eigenvalue weighted by molar-refractivity contribution is -0.154. The van der Waals surface area contributed by atoms with E-state index in [0.717, 1.165) is 10.4 Å². The van der Waals surface area contributed by atoms with E-state index in [4.69, 9.17) is 9.47 Å². The maximum absolute atomic E-state index is 12.1. The zero-order chi connectivity index (χ0) is 19.8. The molecule has 1 aromatic heterocycles. The molecule has 1 aromatic carbocycles. The third kappa shape index (κ3) is 6.21. The van der Waals surface area contributed by atoms with E-state index in [2.05, 4.69) is 5.32 Å². The van der Waals surface area contributed by atoms with Gasteiger partial charge in [0, 0.05) is 23.4 Å². The Balaban J connectivity index is 1.76. The Morgan fingerprint density at radius 1 is 1.11 bits per heavy atom. The molecule has 0 aliphatic carbocycles. The van der Waals surface area contributed by atoms with Crippen molar-refractivity contribution in [3.8, 4) is 5.75 Å². The number of para-hydroxylation sites is 1. The van der Waals surface area contributed by atoms with Gasteiger partial charge in [-0.2, -0.15) is 0 Å². The van der Waals surface area contributed by atoms with E-state index in [1.54, 1.807) is 19.2 Å². The molecule has 1 heterocycles. The Morgan fingerprint density at radius 2 is 1.85 bits per heavy atom. The van der Waals surface area contributed by atoms with Crippen LogP contribution in [0.5, 0.6) is 5.75 Å². The van der Waals surface area contributed by atoms with Crippen LogP contribution in [0.3, 0.4) is 0 Å². The number of Topliss-reactive ketones (excluding diaryl/α,β-unsaturated/α-hetero) is 1. The number of ether oxygens (including phenoxy) is 2. The van der Waals surface area contributed by atoms with Crippen molar-refractivity contribution in [2.75, 3.05) is 7.11 Å². The molecule has 0 aliphatic heterocycles. The molecule has 0 aliphatic rings. The molecule has 1 atom stereocenters. The first kappa shape index (κ1) is 20.6. The van der Waals surface area contributed by atoms with E-state index in [-0.39, 0.29) is 25.2 Å². The minimum Gasteiger partial charge on any atom is -0.496 e. The highest BCUT2D eigenvalue weighted by atomic mass is 32.1. The van der Waals surface area contributed by atoms with Crippen molar-refractivity contribution >= 4 is 29.0 Å². The fourth-order valence-electron chi connectivity index (χ4n) is 2.41. The molecule has 27 heavy (non-hydrogen) atoms. The van der Waals surface area contributed by atoms with Gasteiger partial charge in [-0.05, 0) is 32.0 Å². The summed E-state index contributed by atoms with van der Waals surface area (Å²) in [7, 11) is 1.56. The van der Waals surface area contributed by atoms with Crippen LogP contribution in [0.25, 0.3) is 0 Å². The van der Waals surface area contributed by atoms with Crippen molar-refractivity contribution in [1.29, 1.82) is 0 Å². The normalized spacial score (nSPS) is 11.5. The number of methoxy groups -OCH3 is 1. The lowest BCUT2D eigenvalue weighted by Gasteiger charge is -2.14. The van der Waals surface area contributed by atoms with Crippen LogP contribution in [-0.4, -0.2) is 30.9 Å². The second-order valence-electron chi connectivity index (χ2n) is 6.00. The molecule has 144 valence electrons. The van der Waals surface area contributed by atoms with Gasteiger partial charge in [-0.3, -0.25) is 14.4 Å². The van der Waals surface area contributed by atoms with Crippen LogP contribution >= 0.6 is 11.3 Å². The monoisotopic (exact) mass is 389 g/mol. The summed E-state index contributed by atoms with van der Waals surface area (Å²) in [6.45, 7) is 3.68. The van der Waals surface area contributed by atoms with Crippen LogP contribution in [-0.2, 0) is 20.9 Å². The Morgan fingerprint density at radius 3 is 2.52 bits per heavy atom. The summed E-state index contributed by atoms with van der Waals surface area (Å²) in [5.74, 6) is -0.408. The van der Waals surface area contributed by atoms with Crippen LogP contribution < -0.4 is 10.1 Å². The predicted octanol–water partition coefficient (Wildman–Crippen LogP) is 3.28. The molecule has 0 saturated heterocycles. The van der Waals surface area contributed by atoms with Crippen LogP contribution in [0.1, 0.15) is 39.9 Å². The summed E-state index contributed by atoms with van der Waals surface area (Å²) in [4.78, 5) is 37.7. The molecule has 2 rings (SSSR count). The summed E-state index contributed by atoms with van der Waals surface area (Å²) in [6.07, 6.45) is -0.930. The zero-order valence-electron chi connectivity index (χ0n) is 15.6. The van der Waals surface area contributed by atoms with Gasteiger partial charge in [0.05, 0.1) is 18.4 Å². The van der Waals surface area contributed by atoms with E-state index >= 15 is 0 Å². The summed E-state index contributed by atoms with van der Waals surface area (Å²) in [5, 5.41) is 2.71. The van der Waals surface area contributed by atoms with Crippen LogP contribution in [0.2, 0.25) is 0 Å². The lowest BCUT2D eigenvalue weighted by Crippen LogP contribution is -2.35. The molecule has 1 N–H and O–H groups in total. The molecule has 0 spiro atoms. The smallest absolute Gasteiger partial charge is 0.307 e. The minimum absolute atomic E-state index is 0.0556. The van der Waals surface area contributed by atoms with Gasteiger partial charge in [-0.1, -0.05) is 18.2 Å². The number of carbonyl (C=O) groups is 3. The fourth-order valence-corrected chi connectivity index (χ4v) is 3.24. The molecule has 0 bridgehead atoms. The van der Waals surface area contributed by atoms with Gasteiger partial charge >= 0.3 is 5.97 Å².